The van der Waals surface area contributed by atoms with E-state index in [4.69, 9.17) is 4.99 Å². The lowest BCUT2D eigenvalue weighted by Gasteiger charge is -2.30. The van der Waals surface area contributed by atoms with Crippen molar-refractivity contribution in [2.75, 3.05) is 29.9 Å². The first-order chi connectivity index (χ1) is 18.6. The number of amides is 1. The van der Waals surface area contributed by atoms with Crippen molar-refractivity contribution in [2.45, 2.75) is 30.7 Å². The van der Waals surface area contributed by atoms with E-state index >= 15 is 0 Å². The molecule has 0 saturated carbocycles. The van der Waals surface area contributed by atoms with E-state index in [0.29, 0.717) is 22.2 Å². The Morgan fingerprint density at radius 3 is 2.45 bits per heavy atom. The summed E-state index contributed by atoms with van der Waals surface area (Å²) < 4.78 is 0. The molecule has 0 atom stereocenters. The number of thioether (sulfide) groups is 2. The molecule has 2 saturated heterocycles. The van der Waals surface area contributed by atoms with E-state index in [0.717, 1.165) is 58.5 Å². The molecule has 0 unspecified atom stereocenters. The maximum Gasteiger partial charge on any atom is 0.269 e. The number of anilines is 2. The van der Waals surface area contributed by atoms with Crippen molar-refractivity contribution >= 4 is 51.7 Å². The predicted molar refractivity (Wildman–Crippen MR) is 157 cm³/mol. The van der Waals surface area contributed by atoms with Gasteiger partial charge in [0.2, 0.25) is 0 Å². The third-order valence-corrected chi connectivity index (χ3v) is 9.43. The van der Waals surface area contributed by atoms with Crippen molar-refractivity contribution < 1.29 is 4.79 Å². The Kier molecular flexibility index (Phi) is 6.88. The number of benzene rings is 3. The lowest BCUT2D eigenvalue weighted by atomic mass is 10.1. The van der Waals surface area contributed by atoms with Crippen LogP contribution in [0.2, 0.25) is 0 Å². The van der Waals surface area contributed by atoms with E-state index in [1.165, 1.54) is 18.2 Å². The average molecular weight is 538 g/mol. The van der Waals surface area contributed by atoms with E-state index in [2.05, 4.69) is 28.0 Å². The predicted octanol–water partition coefficient (Wildman–Crippen LogP) is 6.72. The van der Waals surface area contributed by atoms with Crippen LogP contribution in [0.3, 0.4) is 0 Å². The molecule has 0 aromatic heterocycles. The Bertz CT molecular complexity index is 1490. The van der Waals surface area contributed by atoms with Gasteiger partial charge in [0.15, 0.2) is 5.17 Å². The number of rotatable bonds is 4. The first-order valence-corrected chi connectivity index (χ1v) is 14.4. The number of carbonyl (C=O) groups excluding carboxylic acids is 1. The molecule has 0 spiro atoms. The summed E-state index contributed by atoms with van der Waals surface area (Å²) in [6, 6.07) is 26.2. The molecule has 190 valence electrons. The Labute approximate surface area is 231 Å². The van der Waals surface area contributed by atoms with E-state index in [9.17, 15) is 10.1 Å². The molecule has 0 aliphatic carbocycles. The quantitative estimate of drug-likeness (QED) is 0.344. The highest BCUT2D eigenvalue weighted by Crippen LogP contribution is 2.50. The zero-order valence-electron chi connectivity index (χ0n) is 21.1. The molecule has 3 heterocycles. The second kappa shape index (κ2) is 10.6. The minimum atomic E-state index is -0.0456. The number of carbonyl (C=O) groups is 1. The number of nitrogens with zero attached hydrogens (tertiary/aromatic N) is 5. The highest BCUT2D eigenvalue weighted by molar-refractivity contribution is 8.19. The number of amidine groups is 1. The van der Waals surface area contributed by atoms with Crippen molar-refractivity contribution in [1.29, 1.82) is 5.26 Å². The molecule has 8 heteroatoms. The van der Waals surface area contributed by atoms with E-state index in [-0.39, 0.29) is 5.91 Å². The van der Waals surface area contributed by atoms with Crippen LogP contribution in [0.15, 0.2) is 92.6 Å². The van der Waals surface area contributed by atoms with E-state index < -0.39 is 0 Å². The average Bonchev–Trinajstić information content (AvgIpc) is 3.45. The molecule has 0 N–H and O–H groups in total. The molecule has 3 aliphatic heterocycles. The summed E-state index contributed by atoms with van der Waals surface area (Å²) in [5, 5.41) is 11.2. The van der Waals surface area contributed by atoms with Gasteiger partial charge in [-0.1, -0.05) is 54.2 Å². The minimum absolute atomic E-state index is 0.0456. The second-order valence-electron chi connectivity index (χ2n) is 9.50. The summed E-state index contributed by atoms with van der Waals surface area (Å²) >= 11 is 3.05. The zero-order valence-corrected chi connectivity index (χ0v) is 22.8. The Morgan fingerprint density at radius 1 is 0.921 bits per heavy atom. The van der Waals surface area contributed by atoms with Gasteiger partial charge < -0.3 is 9.80 Å². The number of hydrogen-bond donors (Lipinski definition) is 0. The Hall–Kier alpha value is -3.67. The zero-order chi connectivity index (χ0) is 26.1. The van der Waals surface area contributed by atoms with Gasteiger partial charge in [-0.25, -0.2) is 4.99 Å². The van der Waals surface area contributed by atoms with E-state index in [1.807, 2.05) is 67.7 Å². The normalized spacial score (nSPS) is 20.3. The van der Waals surface area contributed by atoms with Crippen LogP contribution in [0.25, 0.3) is 0 Å². The fourth-order valence-corrected chi connectivity index (χ4v) is 7.35. The van der Waals surface area contributed by atoms with Gasteiger partial charge in [0.25, 0.3) is 5.91 Å². The highest BCUT2D eigenvalue weighted by atomic mass is 32.2. The summed E-state index contributed by atoms with van der Waals surface area (Å²) in [4.78, 5) is 27.1. The maximum atomic E-state index is 14.0. The van der Waals surface area contributed by atoms with Gasteiger partial charge in [-0.15, -0.1) is 0 Å². The van der Waals surface area contributed by atoms with Crippen LogP contribution in [0.5, 0.6) is 0 Å². The molecular weight excluding hydrogens is 510 g/mol. The summed E-state index contributed by atoms with van der Waals surface area (Å²) in [6.45, 7) is 2.37. The standard InChI is InChI=1S/C30H27N5OS2/c1-33-25-12-6-7-13-26(25)37-29(33)27-28(36)35(20-21-10-4-2-5-11-21)30(38-27)32-23-18-22(19-31)14-15-24(23)34-16-8-3-9-17-34/h2,4-7,10-15,18H,3,8-9,16-17,20H2,1H3/b29-27-,32-30?. The topological polar surface area (TPSA) is 62.9 Å². The van der Waals surface area contributed by atoms with Crippen LogP contribution in [-0.2, 0) is 11.3 Å². The summed E-state index contributed by atoms with van der Waals surface area (Å²) in [7, 11) is 2.01. The number of fused-ring (bicyclic) bond motifs is 1. The number of para-hydroxylation sites is 1. The SMILES string of the molecule is CN1/C(=C2/SC(=Nc3cc(C#N)ccc3N3CCCCC3)N(Cc3ccccc3)C2=O)Sc2ccccc21. The third kappa shape index (κ3) is 4.68. The fraction of sp³-hybridized carbons (Fsp3) is 0.233. The molecule has 0 radical (unpaired) electrons. The van der Waals surface area contributed by atoms with Crippen molar-refractivity contribution in [3.8, 4) is 6.07 Å². The fourth-order valence-electron chi connectivity index (χ4n) is 5.01. The van der Waals surface area contributed by atoms with Gasteiger partial charge >= 0.3 is 0 Å². The number of hydrogen-bond acceptors (Lipinski definition) is 7. The molecule has 3 aliphatic rings. The van der Waals surface area contributed by atoms with Crippen LogP contribution in [0, 0.1) is 11.3 Å². The first-order valence-electron chi connectivity index (χ1n) is 12.8. The number of aliphatic imine (C=N–C) groups is 1. The first kappa shape index (κ1) is 24.7. The smallest absolute Gasteiger partial charge is 0.269 e. The molecule has 1 amide bonds. The molecule has 38 heavy (non-hydrogen) atoms. The van der Waals surface area contributed by atoms with Crippen LogP contribution < -0.4 is 9.80 Å². The van der Waals surface area contributed by atoms with Crippen molar-refractivity contribution in [3.63, 3.8) is 0 Å². The highest BCUT2D eigenvalue weighted by Gasteiger charge is 2.39. The second-order valence-corrected chi connectivity index (χ2v) is 11.5. The molecule has 3 aromatic rings. The minimum Gasteiger partial charge on any atom is -0.370 e. The molecule has 6 nitrogen and oxygen atoms in total. The van der Waals surface area contributed by atoms with E-state index in [1.54, 1.807) is 16.7 Å². The maximum absolute atomic E-state index is 14.0. The van der Waals surface area contributed by atoms with Crippen molar-refractivity contribution in [2.24, 2.45) is 4.99 Å². The number of piperidine rings is 1. The monoisotopic (exact) mass is 537 g/mol. The summed E-state index contributed by atoms with van der Waals surface area (Å²) in [5.41, 5.74) is 4.46. The van der Waals surface area contributed by atoms with Crippen LogP contribution >= 0.6 is 23.5 Å². The number of nitriles is 1. The van der Waals surface area contributed by atoms with Gasteiger partial charge in [-0.05, 0) is 66.9 Å². The molecule has 6 rings (SSSR count). The van der Waals surface area contributed by atoms with Crippen LogP contribution in [0.1, 0.15) is 30.4 Å². The Balaban J connectivity index is 1.44. The largest absolute Gasteiger partial charge is 0.370 e. The summed E-state index contributed by atoms with van der Waals surface area (Å²) in [5.74, 6) is -0.0456. The molecule has 0 bridgehead atoms. The van der Waals surface area contributed by atoms with Crippen LogP contribution in [0.4, 0.5) is 17.1 Å². The van der Waals surface area contributed by atoms with Crippen LogP contribution in [-0.4, -0.2) is 36.1 Å². The van der Waals surface area contributed by atoms with Gasteiger partial charge in [0.1, 0.15) is 4.91 Å². The molecule has 3 aromatic carbocycles. The van der Waals surface area contributed by atoms with Gasteiger partial charge in [-0.3, -0.25) is 9.69 Å². The summed E-state index contributed by atoms with van der Waals surface area (Å²) in [6.07, 6.45) is 3.52. The van der Waals surface area contributed by atoms with Crippen molar-refractivity contribution in [3.05, 3.63) is 93.9 Å². The molecule has 2 fully saturated rings. The van der Waals surface area contributed by atoms with Gasteiger partial charge in [0.05, 0.1) is 40.3 Å². The lowest BCUT2D eigenvalue weighted by molar-refractivity contribution is -0.122. The van der Waals surface area contributed by atoms with Gasteiger partial charge in [0, 0.05) is 25.0 Å². The molecular formula is C30H27N5OS2. The Morgan fingerprint density at radius 2 is 1.68 bits per heavy atom. The third-order valence-electron chi connectivity index (χ3n) is 7.00. The van der Waals surface area contributed by atoms with Gasteiger partial charge in [-0.2, -0.15) is 5.26 Å². The van der Waals surface area contributed by atoms with Crippen molar-refractivity contribution in [1.82, 2.24) is 4.90 Å². The lowest BCUT2D eigenvalue weighted by Crippen LogP contribution is -2.30.